The molecule has 100 valence electrons. The Morgan fingerprint density at radius 2 is 1.83 bits per heavy atom. The number of methoxy groups -OCH3 is 1. The fourth-order valence-electron chi connectivity index (χ4n) is 2.92. The molecular weight excluding hydrogens is 226 g/mol. The second-order valence-electron chi connectivity index (χ2n) is 5.49. The van der Waals surface area contributed by atoms with Crippen LogP contribution in [0.2, 0.25) is 0 Å². The zero-order valence-electron chi connectivity index (χ0n) is 11.8. The van der Waals surface area contributed by atoms with E-state index in [2.05, 4.69) is 31.9 Å². The molecule has 1 N–H and O–H groups in total. The molecule has 0 bridgehead atoms. The van der Waals surface area contributed by atoms with E-state index in [4.69, 9.17) is 4.74 Å². The third kappa shape index (κ3) is 2.38. The van der Waals surface area contributed by atoms with Crippen molar-refractivity contribution in [1.29, 1.82) is 0 Å². The highest BCUT2D eigenvalue weighted by Crippen LogP contribution is 2.40. The van der Waals surface area contributed by atoms with Gasteiger partial charge in [0.05, 0.1) is 12.7 Å². The van der Waals surface area contributed by atoms with Crippen molar-refractivity contribution in [2.24, 2.45) is 0 Å². The molecule has 3 nitrogen and oxygen atoms in total. The Balaban J connectivity index is 2.43. The van der Waals surface area contributed by atoms with E-state index >= 15 is 0 Å². The Kier molecular flexibility index (Phi) is 3.64. The van der Waals surface area contributed by atoms with Crippen molar-refractivity contribution in [3.8, 4) is 5.75 Å². The quantitative estimate of drug-likeness (QED) is 0.872. The van der Waals surface area contributed by atoms with Crippen LogP contribution in [0.1, 0.15) is 29.5 Å². The van der Waals surface area contributed by atoms with Crippen LogP contribution in [-0.2, 0) is 5.60 Å². The molecule has 0 amide bonds. The average molecular weight is 249 g/mol. The first-order chi connectivity index (χ1) is 8.46. The summed E-state index contributed by atoms with van der Waals surface area (Å²) >= 11 is 0. The maximum Gasteiger partial charge on any atom is 0.125 e. The summed E-state index contributed by atoms with van der Waals surface area (Å²) in [5, 5.41) is 10.9. The number of hydrogen-bond acceptors (Lipinski definition) is 3. The fraction of sp³-hybridized carbons (Fsp3) is 0.600. The van der Waals surface area contributed by atoms with Crippen LogP contribution in [-0.4, -0.2) is 37.3 Å². The third-order valence-electron chi connectivity index (χ3n) is 3.94. The second kappa shape index (κ2) is 4.90. The van der Waals surface area contributed by atoms with E-state index in [9.17, 15) is 5.11 Å². The summed E-state index contributed by atoms with van der Waals surface area (Å²) in [5.41, 5.74) is 2.53. The molecule has 1 aromatic carbocycles. The van der Waals surface area contributed by atoms with Gasteiger partial charge in [-0.25, -0.2) is 0 Å². The monoisotopic (exact) mass is 249 g/mol. The van der Waals surface area contributed by atoms with Gasteiger partial charge >= 0.3 is 0 Å². The Bertz CT molecular complexity index is 434. The van der Waals surface area contributed by atoms with E-state index in [1.165, 1.54) is 5.56 Å². The van der Waals surface area contributed by atoms with Crippen LogP contribution in [0.4, 0.5) is 0 Å². The van der Waals surface area contributed by atoms with Gasteiger partial charge in [-0.3, -0.25) is 0 Å². The molecule has 1 aliphatic heterocycles. The molecule has 1 aliphatic rings. The molecule has 2 rings (SSSR count). The summed E-state index contributed by atoms with van der Waals surface area (Å²) in [4.78, 5) is 2.25. The van der Waals surface area contributed by atoms with Gasteiger partial charge in [0.2, 0.25) is 0 Å². The number of piperidine rings is 1. The van der Waals surface area contributed by atoms with Crippen LogP contribution in [0.5, 0.6) is 5.75 Å². The standard InChI is InChI=1S/C15H23NO2/c1-11-9-12(2)14(13(10-11)18-4)15(17)5-7-16(3)8-6-15/h9-10,17H,5-8H2,1-4H3. The lowest BCUT2D eigenvalue weighted by Gasteiger charge is -2.38. The van der Waals surface area contributed by atoms with Gasteiger partial charge in [0, 0.05) is 18.7 Å². The SMILES string of the molecule is COc1cc(C)cc(C)c1C1(O)CCN(C)CC1. The van der Waals surface area contributed by atoms with E-state index in [1.807, 2.05) is 6.07 Å². The number of hydrogen-bond donors (Lipinski definition) is 1. The summed E-state index contributed by atoms with van der Waals surface area (Å²) in [6.45, 7) is 5.96. The molecule has 0 unspecified atom stereocenters. The van der Waals surface area contributed by atoms with Crippen molar-refractivity contribution >= 4 is 0 Å². The lowest BCUT2D eigenvalue weighted by molar-refractivity contribution is -0.0224. The Labute approximate surface area is 109 Å². The van der Waals surface area contributed by atoms with Crippen LogP contribution in [0.25, 0.3) is 0 Å². The highest BCUT2D eigenvalue weighted by molar-refractivity contribution is 5.46. The number of benzene rings is 1. The Morgan fingerprint density at radius 3 is 2.39 bits per heavy atom. The van der Waals surface area contributed by atoms with E-state index < -0.39 is 5.60 Å². The number of nitrogens with zero attached hydrogens (tertiary/aromatic N) is 1. The average Bonchev–Trinajstić information content (AvgIpc) is 2.32. The van der Waals surface area contributed by atoms with Crippen LogP contribution in [0.15, 0.2) is 12.1 Å². The largest absolute Gasteiger partial charge is 0.496 e. The van der Waals surface area contributed by atoms with Gasteiger partial charge in [-0.2, -0.15) is 0 Å². The number of aryl methyl sites for hydroxylation is 2. The first-order valence-corrected chi connectivity index (χ1v) is 6.53. The summed E-state index contributed by atoms with van der Waals surface area (Å²) < 4.78 is 5.48. The van der Waals surface area contributed by atoms with Crippen molar-refractivity contribution in [2.75, 3.05) is 27.2 Å². The van der Waals surface area contributed by atoms with Gasteiger partial charge in [-0.05, 0) is 50.9 Å². The lowest BCUT2D eigenvalue weighted by Crippen LogP contribution is -2.41. The summed E-state index contributed by atoms with van der Waals surface area (Å²) in [6, 6.07) is 4.13. The maximum atomic E-state index is 10.9. The summed E-state index contributed by atoms with van der Waals surface area (Å²) in [5.74, 6) is 0.819. The zero-order chi connectivity index (χ0) is 13.3. The second-order valence-corrected chi connectivity index (χ2v) is 5.49. The highest BCUT2D eigenvalue weighted by atomic mass is 16.5. The smallest absolute Gasteiger partial charge is 0.125 e. The molecule has 0 radical (unpaired) electrons. The normalized spacial score (nSPS) is 19.8. The molecule has 3 heteroatoms. The van der Waals surface area contributed by atoms with Crippen LogP contribution in [0.3, 0.4) is 0 Å². The number of aliphatic hydroxyl groups is 1. The molecule has 1 heterocycles. The van der Waals surface area contributed by atoms with Gasteiger partial charge in [-0.1, -0.05) is 6.07 Å². The lowest BCUT2D eigenvalue weighted by atomic mass is 9.81. The van der Waals surface area contributed by atoms with Crippen molar-refractivity contribution in [3.63, 3.8) is 0 Å². The zero-order valence-corrected chi connectivity index (χ0v) is 11.8. The minimum absolute atomic E-state index is 0.740. The molecule has 0 atom stereocenters. The fourth-order valence-corrected chi connectivity index (χ4v) is 2.92. The minimum Gasteiger partial charge on any atom is -0.496 e. The predicted molar refractivity (Wildman–Crippen MR) is 73.1 cm³/mol. The maximum absolute atomic E-state index is 10.9. The third-order valence-corrected chi connectivity index (χ3v) is 3.94. The molecule has 1 fully saturated rings. The van der Waals surface area contributed by atoms with Crippen molar-refractivity contribution < 1.29 is 9.84 Å². The van der Waals surface area contributed by atoms with Crippen molar-refractivity contribution in [2.45, 2.75) is 32.3 Å². The molecular formula is C15H23NO2. The van der Waals surface area contributed by atoms with Crippen molar-refractivity contribution in [1.82, 2.24) is 4.90 Å². The van der Waals surface area contributed by atoms with Gasteiger partial charge in [0.1, 0.15) is 5.75 Å². The first kappa shape index (κ1) is 13.4. The van der Waals surface area contributed by atoms with E-state index in [-0.39, 0.29) is 0 Å². The van der Waals surface area contributed by atoms with Crippen LogP contribution in [0, 0.1) is 13.8 Å². The Morgan fingerprint density at radius 1 is 1.22 bits per heavy atom. The number of rotatable bonds is 2. The number of ether oxygens (including phenoxy) is 1. The van der Waals surface area contributed by atoms with E-state index in [1.54, 1.807) is 7.11 Å². The molecule has 0 saturated carbocycles. The van der Waals surface area contributed by atoms with Gasteiger partial charge in [0.15, 0.2) is 0 Å². The van der Waals surface area contributed by atoms with Gasteiger partial charge in [0.25, 0.3) is 0 Å². The first-order valence-electron chi connectivity index (χ1n) is 6.53. The van der Waals surface area contributed by atoms with Crippen molar-refractivity contribution in [3.05, 3.63) is 28.8 Å². The van der Waals surface area contributed by atoms with E-state index in [0.29, 0.717) is 0 Å². The molecule has 18 heavy (non-hydrogen) atoms. The highest BCUT2D eigenvalue weighted by Gasteiger charge is 2.36. The topological polar surface area (TPSA) is 32.7 Å². The van der Waals surface area contributed by atoms with Crippen LogP contribution >= 0.6 is 0 Å². The van der Waals surface area contributed by atoms with Gasteiger partial charge in [-0.15, -0.1) is 0 Å². The Hall–Kier alpha value is -1.06. The molecule has 0 aliphatic carbocycles. The summed E-state index contributed by atoms with van der Waals surface area (Å²) in [7, 11) is 3.77. The summed E-state index contributed by atoms with van der Waals surface area (Å²) in [6.07, 6.45) is 1.54. The molecule has 0 aromatic heterocycles. The molecule has 0 spiro atoms. The van der Waals surface area contributed by atoms with Gasteiger partial charge < -0.3 is 14.7 Å². The molecule has 1 aromatic rings. The minimum atomic E-state index is -0.740. The molecule has 1 saturated heterocycles. The number of likely N-dealkylation sites (tertiary alicyclic amines) is 1. The van der Waals surface area contributed by atoms with Crippen LogP contribution < -0.4 is 4.74 Å². The predicted octanol–water partition coefficient (Wildman–Crippen LogP) is 2.23. The van der Waals surface area contributed by atoms with E-state index in [0.717, 1.165) is 42.8 Å².